The Kier molecular flexibility index (Phi) is 4.52. The van der Waals surface area contributed by atoms with Crippen molar-refractivity contribution >= 4 is 11.6 Å². The van der Waals surface area contributed by atoms with Crippen LogP contribution in [0.5, 0.6) is 0 Å². The molecule has 0 aliphatic heterocycles. The lowest BCUT2D eigenvalue weighted by atomic mass is 9.63. The molecule has 106 valence electrons. The normalized spacial score (nSPS) is 31.7. The molecule has 0 radical (unpaired) electrons. The second kappa shape index (κ2) is 5.80. The van der Waals surface area contributed by atoms with E-state index in [9.17, 15) is 0 Å². The molecule has 3 atom stereocenters. The Labute approximate surface area is 121 Å². The molecule has 0 bridgehead atoms. The monoisotopic (exact) mass is 280 g/mol. The number of aromatic nitrogens is 1. The number of hydrogen-bond acceptors (Lipinski definition) is 2. The van der Waals surface area contributed by atoms with Crippen LogP contribution >= 0.6 is 11.6 Å². The average molecular weight is 281 g/mol. The van der Waals surface area contributed by atoms with E-state index in [2.05, 4.69) is 25.8 Å². The van der Waals surface area contributed by atoms with Crippen LogP contribution in [0.2, 0.25) is 5.02 Å². The maximum Gasteiger partial charge on any atom is 0.0621 e. The molecule has 1 aliphatic carbocycles. The Morgan fingerprint density at radius 1 is 1.47 bits per heavy atom. The number of hydrogen-bond donors (Lipinski definition) is 1. The fourth-order valence-corrected chi connectivity index (χ4v) is 3.94. The summed E-state index contributed by atoms with van der Waals surface area (Å²) < 4.78 is 0. The van der Waals surface area contributed by atoms with Crippen LogP contribution < -0.4 is 5.73 Å². The summed E-state index contributed by atoms with van der Waals surface area (Å²) in [5, 5.41) is 0.744. The van der Waals surface area contributed by atoms with Crippen LogP contribution in [0.15, 0.2) is 18.5 Å². The van der Waals surface area contributed by atoms with Gasteiger partial charge in [0.25, 0.3) is 0 Å². The largest absolute Gasteiger partial charge is 0.325 e. The highest BCUT2D eigenvalue weighted by atomic mass is 35.5. The zero-order valence-electron chi connectivity index (χ0n) is 12.2. The first kappa shape index (κ1) is 14.8. The third-order valence-corrected chi connectivity index (χ3v) is 4.96. The van der Waals surface area contributed by atoms with E-state index in [1.165, 1.54) is 12.8 Å². The lowest BCUT2D eigenvalue weighted by Gasteiger charge is -2.46. The van der Waals surface area contributed by atoms with Crippen molar-refractivity contribution in [1.29, 1.82) is 0 Å². The summed E-state index contributed by atoms with van der Waals surface area (Å²) in [5.74, 6) is 1.91. The molecule has 1 heterocycles. The predicted molar refractivity (Wildman–Crippen MR) is 81.2 cm³/mol. The minimum absolute atomic E-state index is 0.128. The lowest BCUT2D eigenvalue weighted by molar-refractivity contribution is 0.109. The molecule has 2 nitrogen and oxygen atoms in total. The van der Waals surface area contributed by atoms with E-state index in [1.54, 1.807) is 12.4 Å². The Morgan fingerprint density at radius 2 is 2.21 bits per heavy atom. The van der Waals surface area contributed by atoms with Crippen molar-refractivity contribution < 1.29 is 0 Å². The van der Waals surface area contributed by atoms with Gasteiger partial charge in [-0.1, -0.05) is 38.8 Å². The maximum absolute atomic E-state index is 6.82. The van der Waals surface area contributed by atoms with Crippen molar-refractivity contribution in [3.63, 3.8) is 0 Å². The summed E-state index contributed by atoms with van der Waals surface area (Å²) in [6.07, 6.45) is 8.01. The van der Waals surface area contributed by atoms with E-state index in [-0.39, 0.29) is 5.54 Å². The number of nitrogens with two attached hydrogens (primary N) is 1. The standard InChI is InChI=1S/C16H25ClN2/c1-11(2)14-5-4-12(3)8-16(14,18)9-13-6-7-19-10-15(13)17/h6-7,10-12,14H,4-5,8-9,18H2,1-3H3. The fourth-order valence-electron chi connectivity index (χ4n) is 3.76. The molecule has 1 saturated carbocycles. The van der Waals surface area contributed by atoms with E-state index in [0.717, 1.165) is 23.4 Å². The molecule has 0 saturated heterocycles. The molecule has 2 N–H and O–H groups in total. The van der Waals surface area contributed by atoms with Crippen molar-refractivity contribution in [2.75, 3.05) is 0 Å². The summed E-state index contributed by atoms with van der Waals surface area (Å²) in [7, 11) is 0. The van der Waals surface area contributed by atoms with Gasteiger partial charge in [0.05, 0.1) is 5.02 Å². The maximum atomic E-state index is 6.82. The summed E-state index contributed by atoms with van der Waals surface area (Å²) >= 11 is 6.25. The van der Waals surface area contributed by atoms with Crippen LogP contribution in [-0.4, -0.2) is 10.5 Å². The van der Waals surface area contributed by atoms with Crippen molar-refractivity contribution in [2.45, 2.75) is 52.0 Å². The van der Waals surface area contributed by atoms with E-state index in [0.29, 0.717) is 17.8 Å². The number of rotatable bonds is 3. The molecule has 1 aromatic rings. The summed E-state index contributed by atoms with van der Waals surface area (Å²) in [6.45, 7) is 6.89. The van der Waals surface area contributed by atoms with Gasteiger partial charge >= 0.3 is 0 Å². The van der Waals surface area contributed by atoms with Crippen molar-refractivity contribution in [3.8, 4) is 0 Å². The van der Waals surface area contributed by atoms with Gasteiger partial charge in [-0.25, -0.2) is 0 Å². The Hall–Kier alpha value is -0.600. The van der Waals surface area contributed by atoms with E-state index in [4.69, 9.17) is 17.3 Å². The summed E-state index contributed by atoms with van der Waals surface area (Å²) in [5.41, 5.74) is 7.83. The van der Waals surface area contributed by atoms with Gasteiger partial charge in [0, 0.05) is 17.9 Å². The van der Waals surface area contributed by atoms with Gasteiger partial charge in [-0.05, 0) is 48.6 Å². The van der Waals surface area contributed by atoms with Gasteiger partial charge in [0.2, 0.25) is 0 Å². The lowest BCUT2D eigenvalue weighted by Crippen LogP contribution is -2.54. The van der Waals surface area contributed by atoms with Gasteiger partial charge < -0.3 is 5.73 Å². The molecule has 19 heavy (non-hydrogen) atoms. The van der Waals surface area contributed by atoms with E-state index < -0.39 is 0 Å². The molecule has 0 amide bonds. The smallest absolute Gasteiger partial charge is 0.0621 e. The van der Waals surface area contributed by atoms with Crippen LogP contribution in [0.3, 0.4) is 0 Å². The first-order valence-corrected chi connectivity index (χ1v) is 7.67. The highest BCUT2D eigenvalue weighted by molar-refractivity contribution is 6.31. The van der Waals surface area contributed by atoms with Gasteiger partial charge in [-0.3, -0.25) is 4.98 Å². The minimum atomic E-state index is -0.128. The zero-order valence-corrected chi connectivity index (χ0v) is 13.0. The third-order valence-electron chi connectivity index (χ3n) is 4.62. The molecule has 1 fully saturated rings. The molecule has 1 aromatic heterocycles. The Morgan fingerprint density at radius 3 is 2.84 bits per heavy atom. The van der Waals surface area contributed by atoms with Gasteiger partial charge in [0.15, 0.2) is 0 Å². The first-order chi connectivity index (χ1) is 8.92. The molecule has 3 heteroatoms. The minimum Gasteiger partial charge on any atom is -0.325 e. The predicted octanol–water partition coefficient (Wildman–Crippen LogP) is 4.07. The topological polar surface area (TPSA) is 38.9 Å². The van der Waals surface area contributed by atoms with E-state index in [1.807, 2.05) is 6.07 Å². The van der Waals surface area contributed by atoms with Crippen LogP contribution in [0.1, 0.15) is 45.6 Å². The fraction of sp³-hybridized carbons (Fsp3) is 0.688. The number of halogens is 1. The van der Waals surface area contributed by atoms with Crippen molar-refractivity contribution in [1.82, 2.24) is 4.98 Å². The number of nitrogens with zero attached hydrogens (tertiary/aromatic N) is 1. The van der Waals surface area contributed by atoms with Gasteiger partial charge in [0.1, 0.15) is 0 Å². The molecule has 1 aliphatic rings. The van der Waals surface area contributed by atoms with Gasteiger partial charge in [-0.15, -0.1) is 0 Å². The van der Waals surface area contributed by atoms with Crippen molar-refractivity contribution in [3.05, 3.63) is 29.0 Å². The second-order valence-electron chi connectivity index (χ2n) is 6.61. The molecule has 0 aromatic carbocycles. The highest BCUT2D eigenvalue weighted by Crippen LogP contribution is 2.41. The third kappa shape index (κ3) is 3.29. The van der Waals surface area contributed by atoms with E-state index >= 15 is 0 Å². The number of pyridine rings is 1. The molecule has 0 spiro atoms. The highest BCUT2D eigenvalue weighted by Gasteiger charge is 2.41. The summed E-state index contributed by atoms with van der Waals surface area (Å²) in [4.78, 5) is 4.06. The van der Waals surface area contributed by atoms with Crippen LogP contribution in [-0.2, 0) is 6.42 Å². The SMILES string of the molecule is CC1CCC(C(C)C)C(N)(Cc2ccncc2Cl)C1. The Balaban J connectivity index is 2.24. The summed E-state index contributed by atoms with van der Waals surface area (Å²) in [6, 6.07) is 2.01. The van der Waals surface area contributed by atoms with Crippen LogP contribution in [0.4, 0.5) is 0 Å². The second-order valence-corrected chi connectivity index (χ2v) is 7.02. The van der Waals surface area contributed by atoms with Gasteiger partial charge in [-0.2, -0.15) is 0 Å². The molecule has 3 unspecified atom stereocenters. The van der Waals surface area contributed by atoms with Crippen LogP contribution in [0.25, 0.3) is 0 Å². The Bertz CT molecular complexity index is 433. The first-order valence-electron chi connectivity index (χ1n) is 7.29. The van der Waals surface area contributed by atoms with Crippen molar-refractivity contribution in [2.24, 2.45) is 23.5 Å². The van der Waals surface area contributed by atoms with Crippen LogP contribution in [0, 0.1) is 17.8 Å². The average Bonchev–Trinajstić information content (AvgIpc) is 2.31. The molecular weight excluding hydrogens is 256 g/mol. The zero-order chi connectivity index (χ0) is 14.0. The molecular formula is C16H25ClN2. The quantitative estimate of drug-likeness (QED) is 0.906. The molecule has 2 rings (SSSR count).